The highest BCUT2D eigenvalue weighted by Gasteiger charge is 2.26. The zero-order valence-corrected chi connectivity index (χ0v) is 7.67. The van der Waals surface area contributed by atoms with Crippen LogP contribution in [0.3, 0.4) is 0 Å². The Morgan fingerprint density at radius 3 is 2.18 bits per heavy atom. The molecule has 0 aliphatic heterocycles. The van der Waals surface area contributed by atoms with Gasteiger partial charge in [-0.05, 0) is 19.3 Å². The van der Waals surface area contributed by atoms with E-state index in [1.165, 1.54) is 0 Å². The summed E-state index contributed by atoms with van der Waals surface area (Å²) in [6, 6.07) is -0.118. The molecule has 3 heteroatoms. The van der Waals surface area contributed by atoms with Gasteiger partial charge in [0, 0.05) is 6.04 Å². The van der Waals surface area contributed by atoms with Crippen LogP contribution in [0.15, 0.2) is 0 Å². The fourth-order valence-corrected chi connectivity index (χ4v) is 0.894. The molecule has 0 aromatic carbocycles. The predicted octanol–water partition coefficient (Wildman–Crippen LogP) is 0.0695. The molecule has 0 saturated heterocycles. The van der Waals surface area contributed by atoms with Crippen LogP contribution in [0.5, 0.6) is 0 Å². The second-order valence-electron chi connectivity index (χ2n) is 3.90. The minimum atomic E-state index is -0.635. The van der Waals surface area contributed by atoms with Gasteiger partial charge in [-0.15, -0.1) is 0 Å². The molecule has 2 unspecified atom stereocenters. The van der Waals surface area contributed by atoms with Crippen LogP contribution in [-0.4, -0.2) is 23.3 Å². The maximum Gasteiger partial charge on any atom is 0.0623 e. The van der Waals surface area contributed by atoms with Crippen LogP contribution in [-0.2, 0) is 0 Å². The Hall–Kier alpha value is -0.120. The molecular formula is C8H20N2O. The van der Waals surface area contributed by atoms with Crippen molar-refractivity contribution in [3.8, 4) is 0 Å². The largest absolute Gasteiger partial charge is 0.394 e. The smallest absolute Gasteiger partial charge is 0.0623 e. The van der Waals surface area contributed by atoms with Crippen molar-refractivity contribution in [2.45, 2.75) is 38.8 Å². The number of aliphatic hydroxyl groups excluding tert-OH is 1. The van der Waals surface area contributed by atoms with Gasteiger partial charge in [-0.1, -0.05) is 13.8 Å². The fourth-order valence-electron chi connectivity index (χ4n) is 0.894. The van der Waals surface area contributed by atoms with E-state index < -0.39 is 5.54 Å². The molecule has 0 spiro atoms. The summed E-state index contributed by atoms with van der Waals surface area (Å²) in [5, 5.41) is 8.87. The van der Waals surface area contributed by atoms with E-state index in [9.17, 15) is 0 Å². The Balaban J connectivity index is 3.90. The van der Waals surface area contributed by atoms with E-state index in [1.807, 2.05) is 0 Å². The van der Waals surface area contributed by atoms with E-state index in [1.54, 1.807) is 6.92 Å². The minimum absolute atomic E-state index is 0.0547. The highest BCUT2D eigenvalue weighted by atomic mass is 16.3. The average Bonchev–Trinajstić information content (AvgIpc) is 1.86. The van der Waals surface area contributed by atoms with Crippen molar-refractivity contribution in [1.82, 2.24) is 0 Å². The van der Waals surface area contributed by atoms with Crippen LogP contribution in [0.2, 0.25) is 0 Å². The number of aliphatic hydroxyl groups is 1. The van der Waals surface area contributed by atoms with Crippen molar-refractivity contribution in [2.24, 2.45) is 17.4 Å². The van der Waals surface area contributed by atoms with Gasteiger partial charge in [0.15, 0.2) is 0 Å². The Labute approximate surface area is 68.8 Å². The van der Waals surface area contributed by atoms with Crippen molar-refractivity contribution in [3.63, 3.8) is 0 Å². The lowest BCUT2D eigenvalue weighted by molar-refractivity contribution is 0.175. The molecule has 0 bridgehead atoms. The van der Waals surface area contributed by atoms with Gasteiger partial charge in [0.25, 0.3) is 0 Å². The lowest BCUT2D eigenvalue weighted by atomic mass is 9.89. The van der Waals surface area contributed by atoms with Crippen LogP contribution in [0.4, 0.5) is 0 Å². The van der Waals surface area contributed by atoms with Crippen molar-refractivity contribution >= 4 is 0 Å². The standard InChI is InChI=1S/C8H20N2O/c1-6(2)4-7(9)8(3,10)5-11/h6-7,11H,4-5,9-10H2,1-3H3. The molecule has 5 N–H and O–H groups in total. The first-order chi connectivity index (χ1) is 4.90. The molecule has 0 aliphatic rings. The molecule has 0 aliphatic carbocycles. The van der Waals surface area contributed by atoms with Gasteiger partial charge in [-0.25, -0.2) is 0 Å². The van der Waals surface area contributed by atoms with Crippen molar-refractivity contribution in [1.29, 1.82) is 0 Å². The predicted molar refractivity (Wildman–Crippen MR) is 47.1 cm³/mol. The first-order valence-corrected chi connectivity index (χ1v) is 4.05. The molecule has 3 nitrogen and oxygen atoms in total. The maximum absolute atomic E-state index is 8.87. The van der Waals surface area contributed by atoms with Crippen molar-refractivity contribution < 1.29 is 5.11 Å². The number of hydrogen-bond donors (Lipinski definition) is 3. The molecule has 0 aromatic rings. The van der Waals surface area contributed by atoms with Crippen LogP contribution < -0.4 is 11.5 Å². The summed E-state index contributed by atoms with van der Waals surface area (Å²) in [4.78, 5) is 0. The van der Waals surface area contributed by atoms with Crippen molar-refractivity contribution in [2.75, 3.05) is 6.61 Å². The summed E-state index contributed by atoms with van der Waals surface area (Å²) in [5.74, 6) is 0.527. The Morgan fingerprint density at radius 1 is 1.45 bits per heavy atom. The number of nitrogens with two attached hydrogens (primary N) is 2. The van der Waals surface area contributed by atoms with E-state index in [-0.39, 0.29) is 12.6 Å². The van der Waals surface area contributed by atoms with E-state index in [0.717, 1.165) is 6.42 Å². The summed E-state index contributed by atoms with van der Waals surface area (Å²) >= 11 is 0. The molecule has 11 heavy (non-hydrogen) atoms. The van der Waals surface area contributed by atoms with Gasteiger partial charge < -0.3 is 16.6 Å². The van der Waals surface area contributed by atoms with E-state index in [4.69, 9.17) is 16.6 Å². The molecule has 0 rings (SSSR count). The summed E-state index contributed by atoms with van der Waals surface area (Å²) < 4.78 is 0. The molecule has 2 atom stereocenters. The quantitative estimate of drug-likeness (QED) is 0.545. The molecule has 0 radical (unpaired) electrons. The fraction of sp³-hybridized carbons (Fsp3) is 1.00. The van der Waals surface area contributed by atoms with E-state index >= 15 is 0 Å². The van der Waals surface area contributed by atoms with Crippen LogP contribution in [0, 0.1) is 5.92 Å². The Bertz CT molecular complexity index is 113. The van der Waals surface area contributed by atoms with E-state index in [2.05, 4.69) is 13.8 Å². The average molecular weight is 160 g/mol. The van der Waals surface area contributed by atoms with Crippen LogP contribution in [0.25, 0.3) is 0 Å². The zero-order valence-electron chi connectivity index (χ0n) is 7.67. The second-order valence-corrected chi connectivity index (χ2v) is 3.90. The summed E-state index contributed by atoms with van der Waals surface area (Å²) in [7, 11) is 0. The first-order valence-electron chi connectivity index (χ1n) is 4.05. The normalized spacial score (nSPS) is 19.9. The highest BCUT2D eigenvalue weighted by molar-refractivity contribution is 4.89. The Morgan fingerprint density at radius 2 is 1.91 bits per heavy atom. The number of rotatable bonds is 4. The molecule has 0 aromatic heterocycles. The highest BCUT2D eigenvalue weighted by Crippen LogP contribution is 2.12. The van der Waals surface area contributed by atoms with Gasteiger partial charge in [-0.3, -0.25) is 0 Å². The van der Waals surface area contributed by atoms with Gasteiger partial charge in [0.1, 0.15) is 0 Å². The third kappa shape index (κ3) is 3.70. The van der Waals surface area contributed by atoms with Crippen LogP contribution in [0.1, 0.15) is 27.2 Å². The third-order valence-corrected chi connectivity index (χ3v) is 1.91. The van der Waals surface area contributed by atoms with E-state index in [0.29, 0.717) is 5.92 Å². The zero-order chi connectivity index (χ0) is 9.07. The lowest BCUT2D eigenvalue weighted by Gasteiger charge is -2.30. The molecule has 0 saturated carbocycles. The summed E-state index contributed by atoms with van der Waals surface area (Å²) in [6.07, 6.45) is 0.855. The first kappa shape index (κ1) is 10.9. The van der Waals surface area contributed by atoms with Crippen molar-refractivity contribution in [3.05, 3.63) is 0 Å². The lowest BCUT2D eigenvalue weighted by Crippen LogP contribution is -2.56. The summed E-state index contributed by atoms with van der Waals surface area (Å²) in [6.45, 7) is 5.90. The second kappa shape index (κ2) is 4.04. The molecule has 68 valence electrons. The molecule has 0 fully saturated rings. The number of hydrogen-bond acceptors (Lipinski definition) is 3. The van der Waals surface area contributed by atoms with Gasteiger partial charge in [-0.2, -0.15) is 0 Å². The monoisotopic (exact) mass is 160 g/mol. The van der Waals surface area contributed by atoms with Gasteiger partial charge in [0.2, 0.25) is 0 Å². The van der Waals surface area contributed by atoms with Gasteiger partial charge >= 0.3 is 0 Å². The molecule has 0 amide bonds. The third-order valence-electron chi connectivity index (χ3n) is 1.91. The SMILES string of the molecule is CC(C)CC(N)C(C)(N)CO. The molecular weight excluding hydrogens is 140 g/mol. The van der Waals surface area contributed by atoms with Gasteiger partial charge in [0.05, 0.1) is 12.1 Å². The topological polar surface area (TPSA) is 72.3 Å². The minimum Gasteiger partial charge on any atom is -0.394 e. The maximum atomic E-state index is 8.87. The Kier molecular flexibility index (Phi) is 4.00. The molecule has 0 heterocycles. The summed E-state index contributed by atoms with van der Waals surface area (Å²) in [5.41, 5.74) is 10.9. The van der Waals surface area contributed by atoms with Crippen LogP contribution >= 0.6 is 0 Å².